The van der Waals surface area contributed by atoms with E-state index in [0.29, 0.717) is 0 Å². The first-order valence-electron chi connectivity index (χ1n) is 3.39. The van der Waals surface area contributed by atoms with E-state index in [9.17, 15) is 4.79 Å². The van der Waals surface area contributed by atoms with Gasteiger partial charge in [0.25, 0.3) is 0 Å². The number of carbonyl (C=O) groups excluding carboxylic acids is 1. The molecule has 0 bridgehead atoms. The minimum atomic E-state index is -0.360. The summed E-state index contributed by atoms with van der Waals surface area (Å²) >= 11 is 5.77. The topological polar surface area (TPSA) is 29.5 Å². The molecule has 0 fully saturated rings. The van der Waals surface area contributed by atoms with Gasteiger partial charge >= 0.3 is 5.97 Å². The first kappa shape index (κ1) is 10.7. The van der Waals surface area contributed by atoms with Crippen molar-refractivity contribution in [1.82, 2.24) is 4.90 Å². The van der Waals surface area contributed by atoms with Crippen LogP contribution >= 0.6 is 11.6 Å². The Morgan fingerprint density at radius 1 is 1.55 bits per heavy atom. The van der Waals surface area contributed by atoms with Crippen molar-refractivity contribution in [3.8, 4) is 0 Å². The van der Waals surface area contributed by atoms with Crippen molar-refractivity contribution in [2.24, 2.45) is 0 Å². The normalized spacial score (nSPS) is 16.2. The number of halogens is 1. The summed E-state index contributed by atoms with van der Waals surface area (Å²) in [6, 6.07) is -0.360. The molecular formula is C7H14ClNO2. The molecule has 0 N–H and O–H groups in total. The molecule has 0 spiro atoms. The van der Waals surface area contributed by atoms with E-state index in [1.807, 2.05) is 0 Å². The lowest BCUT2D eigenvalue weighted by atomic mass is 10.2. The Morgan fingerprint density at radius 2 is 2.00 bits per heavy atom. The van der Waals surface area contributed by atoms with Crippen molar-refractivity contribution in [2.75, 3.05) is 21.2 Å². The van der Waals surface area contributed by atoms with E-state index in [1.54, 1.807) is 25.9 Å². The smallest absolute Gasteiger partial charge is 0.324 e. The van der Waals surface area contributed by atoms with Crippen molar-refractivity contribution < 1.29 is 9.53 Å². The number of alkyl halides is 1. The monoisotopic (exact) mass is 179 g/mol. The Labute approximate surface area is 72.3 Å². The Morgan fingerprint density at radius 3 is 2.09 bits per heavy atom. The van der Waals surface area contributed by atoms with E-state index < -0.39 is 0 Å². The van der Waals surface area contributed by atoms with Crippen molar-refractivity contribution in [2.45, 2.75) is 18.3 Å². The third kappa shape index (κ3) is 3.08. The van der Waals surface area contributed by atoms with Crippen LogP contribution in [0.15, 0.2) is 0 Å². The first-order chi connectivity index (χ1) is 5.00. The fourth-order valence-electron chi connectivity index (χ4n) is 0.930. The predicted molar refractivity (Wildman–Crippen MR) is 44.8 cm³/mol. The van der Waals surface area contributed by atoms with Crippen LogP contribution in [0.2, 0.25) is 0 Å². The molecule has 0 radical (unpaired) electrons. The van der Waals surface area contributed by atoms with Crippen LogP contribution in [0, 0.1) is 0 Å². The van der Waals surface area contributed by atoms with Gasteiger partial charge in [-0.25, -0.2) is 0 Å². The van der Waals surface area contributed by atoms with Gasteiger partial charge in [-0.3, -0.25) is 9.69 Å². The molecule has 3 nitrogen and oxygen atoms in total. The van der Waals surface area contributed by atoms with E-state index in [1.165, 1.54) is 7.11 Å². The number of hydrogen-bond donors (Lipinski definition) is 0. The zero-order valence-corrected chi connectivity index (χ0v) is 8.05. The average molecular weight is 180 g/mol. The van der Waals surface area contributed by atoms with Crippen molar-refractivity contribution in [3.63, 3.8) is 0 Å². The molecule has 0 aliphatic heterocycles. The second kappa shape index (κ2) is 4.57. The van der Waals surface area contributed by atoms with Gasteiger partial charge in [-0.2, -0.15) is 0 Å². The molecule has 0 aliphatic carbocycles. The summed E-state index contributed by atoms with van der Waals surface area (Å²) in [4.78, 5) is 12.8. The first-order valence-corrected chi connectivity index (χ1v) is 3.82. The summed E-state index contributed by atoms with van der Waals surface area (Å²) in [5.74, 6) is -0.294. The molecule has 2 atom stereocenters. The molecule has 0 aromatic heterocycles. The number of rotatable bonds is 3. The standard InChI is InChI=1S/C7H14ClNO2/c1-5(8)6(9(2)3)7(10)11-4/h5-6H,1-4H3/t5?,6-/m0/s1. The average Bonchev–Trinajstić information content (AvgIpc) is 1.85. The van der Waals surface area contributed by atoms with Gasteiger partial charge in [0.2, 0.25) is 0 Å². The predicted octanol–water partition coefficient (Wildman–Crippen LogP) is 0.717. The highest BCUT2D eigenvalue weighted by Gasteiger charge is 2.26. The van der Waals surface area contributed by atoms with Gasteiger partial charge in [0.1, 0.15) is 6.04 Å². The highest BCUT2D eigenvalue weighted by molar-refractivity contribution is 6.22. The second-order valence-corrected chi connectivity index (χ2v) is 3.30. The van der Waals surface area contributed by atoms with Gasteiger partial charge in [0.15, 0.2) is 0 Å². The molecule has 1 unspecified atom stereocenters. The maximum Gasteiger partial charge on any atom is 0.324 e. The van der Waals surface area contributed by atoms with Gasteiger partial charge in [-0.1, -0.05) is 0 Å². The molecule has 0 aromatic carbocycles. The number of carbonyl (C=O) groups is 1. The van der Waals surface area contributed by atoms with Crippen LogP contribution < -0.4 is 0 Å². The zero-order chi connectivity index (χ0) is 9.02. The molecule has 0 aliphatic rings. The van der Waals surface area contributed by atoms with E-state index in [2.05, 4.69) is 4.74 Å². The van der Waals surface area contributed by atoms with Gasteiger partial charge in [-0.05, 0) is 21.0 Å². The quantitative estimate of drug-likeness (QED) is 0.472. The van der Waals surface area contributed by atoms with E-state index in [-0.39, 0.29) is 17.4 Å². The van der Waals surface area contributed by atoms with Gasteiger partial charge in [-0.15, -0.1) is 11.6 Å². The zero-order valence-electron chi connectivity index (χ0n) is 7.30. The van der Waals surface area contributed by atoms with Crippen molar-refractivity contribution >= 4 is 17.6 Å². The molecule has 0 heterocycles. The maximum absolute atomic E-state index is 11.0. The van der Waals surface area contributed by atoms with Crippen molar-refractivity contribution in [3.05, 3.63) is 0 Å². The van der Waals surface area contributed by atoms with E-state index >= 15 is 0 Å². The lowest BCUT2D eigenvalue weighted by Gasteiger charge is -2.23. The summed E-state index contributed by atoms with van der Waals surface area (Å²) < 4.78 is 4.57. The number of methoxy groups -OCH3 is 1. The summed E-state index contributed by atoms with van der Waals surface area (Å²) in [5.41, 5.74) is 0. The number of likely N-dealkylation sites (N-methyl/N-ethyl adjacent to an activating group) is 1. The molecule has 0 aromatic rings. The third-order valence-corrected chi connectivity index (χ3v) is 1.67. The number of nitrogens with zero attached hydrogens (tertiary/aromatic N) is 1. The number of hydrogen-bond acceptors (Lipinski definition) is 3. The highest BCUT2D eigenvalue weighted by atomic mass is 35.5. The third-order valence-electron chi connectivity index (χ3n) is 1.43. The summed E-state index contributed by atoms with van der Waals surface area (Å²) in [7, 11) is 4.94. The van der Waals surface area contributed by atoms with Gasteiger partial charge in [0, 0.05) is 0 Å². The molecular weight excluding hydrogens is 166 g/mol. The van der Waals surface area contributed by atoms with Crippen LogP contribution in [0.5, 0.6) is 0 Å². The molecule has 11 heavy (non-hydrogen) atoms. The Balaban J connectivity index is 4.22. The van der Waals surface area contributed by atoms with E-state index in [0.717, 1.165) is 0 Å². The largest absolute Gasteiger partial charge is 0.468 e. The van der Waals surface area contributed by atoms with Crippen LogP contribution in [0.1, 0.15) is 6.92 Å². The Bertz CT molecular complexity index is 128. The summed E-state index contributed by atoms with van der Waals surface area (Å²) in [6.07, 6.45) is 0. The summed E-state index contributed by atoms with van der Waals surface area (Å²) in [6.45, 7) is 1.77. The molecule has 0 amide bonds. The molecule has 0 saturated carbocycles. The van der Waals surface area contributed by atoms with Crippen LogP contribution in [-0.4, -0.2) is 43.5 Å². The van der Waals surface area contributed by atoms with E-state index in [4.69, 9.17) is 11.6 Å². The lowest BCUT2D eigenvalue weighted by Crippen LogP contribution is -2.42. The minimum Gasteiger partial charge on any atom is -0.468 e. The fraction of sp³-hybridized carbons (Fsp3) is 0.857. The minimum absolute atomic E-state index is 0.238. The SMILES string of the molecule is COC(=O)[C@H](C(C)Cl)N(C)C. The summed E-state index contributed by atoms with van der Waals surface area (Å²) in [5, 5.41) is -0.238. The Hall–Kier alpha value is -0.280. The van der Waals surface area contributed by atoms with Crippen LogP contribution in [-0.2, 0) is 9.53 Å². The number of esters is 1. The van der Waals surface area contributed by atoms with Gasteiger partial charge in [0.05, 0.1) is 12.5 Å². The molecule has 0 rings (SSSR count). The molecule has 66 valence electrons. The fourth-order valence-corrected chi connectivity index (χ4v) is 1.26. The van der Waals surface area contributed by atoms with Crippen molar-refractivity contribution in [1.29, 1.82) is 0 Å². The van der Waals surface area contributed by atoms with Crippen LogP contribution in [0.25, 0.3) is 0 Å². The highest BCUT2D eigenvalue weighted by Crippen LogP contribution is 2.08. The molecule has 4 heteroatoms. The maximum atomic E-state index is 11.0. The molecule has 0 saturated heterocycles. The second-order valence-electron chi connectivity index (χ2n) is 2.61. The van der Waals surface area contributed by atoms with Crippen LogP contribution in [0.3, 0.4) is 0 Å². The number of ether oxygens (including phenoxy) is 1. The lowest BCUT2D eigenvalue weighted by molar-refractivity contribution is -0.145. The Kier molecular flexibility index (Phi) is 4.45. The van der Waals surface area contributed by atoms with Crippen LogP contribution in [0.4, 0.5) is 0 Å². The van der Waals surface area contributed by atoms with Gasteiger partial charge < -0.3 is 4.74 Å².